The zero-order chi connectivity index (χ0) is 23.1. The van der Waals surface area contributed by atoms with Crippen LogP contribution in [0.3, 0.4) is 0 Å². The number of carbonyl (C=O) groups excluding carboxylic acids is 4. The maximum absolute atomic E-state index is 13.8. The third-order valence-corrected chi connectivity index (χ3v) is 7.53. The predicted octanol–water partition coefficient (Wildman–Crippen LogP) is 3.80. The third-order valence-electron chi connectivity index (χ3n) is 7.53. The summed E-state index contributed by atoms with van der Waals surface area (Å²) in [5.41, 5.74) is 2.93. The number of hydrogen-bond donors (Lipinski definition) is 0. The number of rotatable bonds is 4. The molecule has 6 nitrogen and oxygen atoms in total. The molecule has 3 aliphatic rings. The molecular weight excluding hydrogens is 416 g/mol. The highest BCUT2D eigenvalue weighted by molar-refractivity contribution is 6.21. The Morgan fingerprint density at radius 2 is 1.48 bits per heavy atom. The standard InChI is InChI=1S/C27H28N2O4/c1-17(30)19-9-4-5-11-21(19)25(31)28-15-14-18-8-2-3-10-20(18)24(28)16-29-26(32)22-12-6-7-13-23(22)27(29)33/h2-3,6-8,10,12-13,19,21,24H,4-5,9,11,14-16H2,1H3. The van der Waals surface area contributed by atoms with Crippen LogP contribution in [0.2, 0.25) is 0 Å². The van der Waals surface area contributed by atoms with Crippen molar-refractivity contribution in [1.29, 1.82) is 0 Å². The number of fused-ring (bicyclic) bond motifs is 2. The molecule has 0 saturated heterocycles. The summed E-state index contributed by atoms with van der Waals surface area (Å²) in [6, 6.07) is 14.4. The van der Waals surface area contributed by atoms with Crippen LogP contribution in [0.25, 0.3) is 0 Å². The van der Waals surface area contributed by atoms with Gasteiger partial charge in [-0.2, -0.15) is 0 Å². The molecule has 2 aromatic carbocycles. The minimum atomic E-state index is -0.417. The molecule has 0 spiro atoms. The lowest BCUT2D eigenvalue weighted by atomic mass is 9.76. The first-order chi connectivity index (χ1) is 16.0. The Kier molecular flexibility index (Phi) is 5.60. The monoisotopic (exact) mass is 444 g/mol. The molecule has 3 atom stereocenters. The van der Waals surface area contributed by atoms with E-state index in [0.717, 1.165) is 36.8 Å². The Balaban J connectivity index is 1.48. The van der Waals surface area contributed by atoms with Crippen LogP contribution in [0.15, 0.2) is 48.5 Å². The molecule has 1 aliphatic carbocycles. The fourth-order valence-electron chi connectivity index (χ4n) is 5.82. The van der Waals surface area contributed by atoms with Crippen LogP contribution in [0, 0.1) is 11.8 Å². The largest absolute Gasteiger partial charge is 0.333 e. The Bertz CT molecular complexity index is 1110. The van der Waals surface area contributed by atoms with Gasteiger partial charge < -0.3 is 4.90 Å². The van der Waals surface area contributed by atoms with Crippen molar-refractivity contribution in [3.05, 3.63) is 70.8 Å². The summed E-state index contributed by atoms with van der Waals surface area (Å²) in [6.07, 6.45) is 4.08. The van der Waals surface area contributed by atoms with Crippen molar-refractivity contribution < 1.29 is 19.2 Å². The van der Waals surface area contributed by atoms with Crippen LogP contribution < -0.4 is 0 Å². The fourth-order valence-corrected chi connectivity index (χ4v) is 5.82. The average Bonchev–Trinajstić information content (AvgIpc) is 3.08. The zero-order valence-electron chi connectivity index (χ0n) is 18.8. The molecule has 2 aliphatic heterocycles. The van der Waals surface area contributed by atoms with Gasteiger partial charge in [0.1, 0.15) is 5.78 Å². The summed E-state index contributed by atoms with van der Waals surface area (Å²) in [7, 11) is 0. The van der Waals surface area contributed by atoms with Gasteiger partial charge in [0.15, 0.2) is 0 Å². The molecule has 0 aromatic heterocycles. The van der Waals surface area contributed by atoms with Gasteiger partial charge in [-0.05, 0) is 49.4 Å². The molecule has 3 unspecified atom stereocenters. The van der Waals surface area contributed by atoms with Crippen LogP contribution in [0.4, 0.5) is 0 Å². The number of Topliss-reactive ketones (excluding diaryl/α,β-unsaturated/α-hetero) is 1. The van der Waals surface area contributed by atoms with Crippen LogP contribution in [-0.2, 0) is 16.0 Å². The molecule has 3 amide bonds. The summed E-state index contributed by atoms with van der Waals surface area (Å²) in [6.45, 7) is 2.22. The van der Waals surface area contributed by atoms with Crippen molar-refractivity contribution in [1.82, 2.24) is 9.80 Å². The van der Waals surface area contributed by atoms with Crippen molar-refractivity contribution in [2.45, 2.75) is 45.1 Å². The lowest BCUT2D eigenvalue weighted by Gasteiger charge is -2.42. The van der Waals surface area contributed by atoms with Gasteiger partial charge in [0, 0.05) is 18.4 Å². The van der Waals surface area contributed by atoms with E-state index >= 15 is 0 Å². The lowest BCUT2D eigenvalue weighted by molar-refractivity contribution is -0.145. The van der Waals surface area contributed by atoms with E-state index in [9.17, 15) is 19.2 Å². The van der Waals surface area contributed by atoms with E-state index in [-0.39, 0.29) is 41.9 Å². The van der Waals surface area contributed by atoms with Gasteiger partial charge in [-0.1, -0.05) is 49.2 Å². The molecule has 0 bridgehead atoms. The van der Waals surface area contributed by atoms with Crippen molar-refractivity contribution in [2.75, 3.05) is 13.1 Å². The number of benzene rings is 2. The number of imide groups is 1. The van der Waals surface area contributed by atoms with Gasteiger partial charge in [-0.15, -0.1) is 0 Å². The number of amides is 3. The topological polar surface area (TPSA) is 74.8 Å². The first-order valence-electron chi connectivity index (χ1n) is 11.8. The summed E-state index contributed by atoms with van der Waals surface area (Å²) in [4.78, 5) is 55.4. The van der Waals surface area contributed by atoms with Gasteiger partial charge in [0.05, 0.1) is 23.7 Å². The maximum atomic E-state index is 13.8. The molecular formula is C27H28N2O4. The summed E-state index contributed by atoms with van der Waals surface area (Å²) >= 11 is 0. The van der Waals surface area contributed by atoms with Gasteiger partial charge in [-0.25, -0.2) is 0 Å². The summed E-state index contributed by atoms with van der Waals surface area (Å²) in [5, 5.41) is 0. The highest BCUT2D eigenvalue weighted by Crippen LogP contribution is 2.38. The second-order valence-electron chi connectivity index (χ2n) is 9.37. The Morgan fingerprint density at radius 1 is 0.879 bits per heavy atom. The van der Waals surface area contributed by atoms with Crippen molar-refractivity contribution >= 4 is 23.5 Å². The molecule has 170 valence electrons. The number of hydrogen-bond acceptors (Lipinski definition) is 4. The van der Waals surface area contributed by atoms with Crippen molar-refractivity contribution in [2.24, 2.45) is 11.8 Å². The highest BCUT2D eigenvalue weighted by Gasteiger charge is 2.43. The maximum Gasteiger partial charge on any atom is 0.261 e. The minimum Gasteiger partial charge on any atom is -0.333 e. The second-order valence-corrected chi connectivity index (χ2v) is 9.37. The molecule has 5 rings (SSSR count). The zero-order valence-corrected chi connectivity index (χ0v) is 18.8. The highest BCUT2D eigenvalue weighted by atomic mass is 16.2. The van der Waals surface area contributed by atoms with Crippen LogP contribution >= 0.6 is 0 Å². The summed E-state index contributed by atoms with van der Waals surface area (Å²) < 4.78 is 0. The average molecular weight is 445 g/mol. The molecule has 33 heavy (non-hydrogen) atoms. The van der Waals surface area contributed by atoms with E-state index < -0.39 is 6.04 Å². The molecule has 1 fully saturated rings. The van der Waals surface area contributed by atoms with Gasteiger partial charge in [-0.3, -0.25) is 24.1 Å². The van der Waals surface area contributed by atoms with Gasteiger partial charge in [0.2, 0.25) is 5.91 Å². The Morgan fingerprint density at radius 3 is 2.15 bits per heavy atom. The van der Waals surface area contributed by atoms with Crippen molar-refractivity contribution in [3.8, 4) is 0 Å². The van der Waals surface area contributed by atoms with E-state index in [4.69, 9.17) is 0 Å². The normalized spacial score (nSPS) is 24.5. The first-order valence-corrected chi connectivity index (χ1v) is 11.8. The number of ketones is 1. The predicted molar refractivity (Wildman–Crippen MR) is 123 cm³/mol. The third kappa shape index (κ3) is 3.67. The SMILES string of the molecule is CC(=O)C1CCCCC1C(=O)N1CCc2ccccc2C1CN1C(=O)c2ccccc2C1=O. The van der Waals surface area contributed by atoms with E-state index in [2.05, 4.69) is 0 Å². The van der Waals surface area contributed by atoms with Crippen molar-refractivity contribution in [3.63, 3.8) is 0 Å². The fraction of sp³-hybridized carbons (Fsp3) is 0.407. The van der Waals surface area contributed by atoms with Crippen LogP contribution in [0.5, 0.6) is 0 Å². The molecule has 2 heterocycles. The quantitative estimate of drug-likeness (QED) is 0.673. The van der Waals surface area contributed by atoms with Crippen LogP contribution in [0.1, 0.15) is 70.5 Å². The Hall–Kier alpha value is -3.28. The number of carbonyl (C=O) groups is 4. The van der Waals surface area contributed by atoms with E-state index in [1.165, 1.54) is 4.90 Å². The minimum absolute atomic E-state index is 0.0222. The molecule has 1 saturated carbocycles. The Labute approximate surface area is 193 Å². The smallest absolute Gasteiger partial charge is 0.261 e. The van der Waals surface area contributed by atoms with E-state index in [0.29, 0.717) is 24.1 Å². The van der Waals surface area contributed by atoms with E-state index in [1.807, 2.05) is 29.2 Å². The van der Waals surface area contributed by atoms with Crippen LogP contribution in [-0.4, -0.2) is 46.4 Å². The van der Waals surface area contributed by atoms with Gasteiger partial charge >= 0.3 is 0 Å². The lowest BCUT2D eigenvalue weighted by Crippen LogP contribution is -2.50. The molecule has 0 radical (unpaired) electrons. The molecule has 6 heteroatoms. The first kappa shape index (κ1) is 21.6. The summed E-state index contributed by atoms with van der Waals surface area (Å²) in [5.74, 6) is -1.15. The second kappa shape index (κ2) is 8.58. The number of nitrogens with zero attached hydrogens (tertiary/aromatic N) is 2. The molecule has 2 aromatic rings. The van der Waals surface area contributed by atoms with Gasteiger partial charge in [0.25, 0.3) is 11.8 Å². The molecule has 0 N–H and O–H groups in total. The van der Waals surface area contributed by atoms with E-state index in [1.54, 1.807) is 31.2 Å².